The molecular formula is C25H27N4+. The molecule has 0 atom stereocenters. The Bertz CT molecular complexity index is 1230. The molecule has 0 saturated heterocycles. The zero-order chi connectivity index (χ0) is 20.5. The van der Waals surface area contributed by atoms with Crippen molar-refractivity contribution in [3.05, 3.63) is 82.9 Å². The number of aromatic nitrogens is 3. The largest absolute Gasteiger partial charge is 0.383 e. The Labute approximate surface area is 172 Å². The SMILES string of the molecule is CNc1cc2ccccc2[n+](C)c1C=Cc1cc(C)n(-c2ncccc2C)c1C. The van der Waals surface area contributed by atoms with Crippen molar-refractivity contribution in [2.45, 2.75) is 20.8 Å². The topological polar surface area (TPSA) is 33.7 Å². The van der Waals surface area contributed by atoms with Gasteiger partial charge in [-0.3, -0.25) is 0 Å². The molecule has 4 heteroatoms. The van der Waals surface area contributed by atoms with Gasteiger partial charge < -0.3 is 9.88 Å². The summed E-state index contributed by atoms with van der Waals surface area (Å²) in [5.74, 6) is 0.995. The van der Waals surface area contributed by atoms with Crippen molar-refractivity contribution in [3.63, 3.8) is 0 Å². The van der Waals surface area contributed by atoms with Crippen molar-refractivity contribution in [2.24, 2.45) is 7.05 Å². The number of nitrogens with zero attached hydrogens (tertiary/aromatic N) is 3. The summed E-state index contributed by atoms with van der Waals surface area (Å²) in [6.45, 7) is 6.39. The van der Waals surface area contributed by atoms with E-state index in [4.69, 9.17) is 0 Å². The first-order valence-corrected chi connectivity index (χ1v) is 9.90. The lowest BCUT2D eigenvalue weighted by molar-refractivity contribution is -0.646. The molecule has 0 radical (unpaired) electrons. The Morgan fingerprint density at radius 2 is 1.79 bits per heavy atom. The number of benzene rings is 1. The predicted octanol–water partition coefficient (Wildman–Crippen LogP) is 4.99. The predicted molar refractivity (Wildman–Crippen MR) is 121 cm³/mol. The van der Waals surface area contributed by atoms with Gasteiger partial charge in [0.2, 0.25) is 11.2 Å². The first-order chi connectivity index (χ1) is 14.0. The molecule has 4 nitrogen and oxygen atoms in total. The highest BCUT2D eigenvalue weighted by Crippen LogP contribution is 2.25. The lowest BCUT2D eigenvalue weighted by Crippen LogP contribution is -2.33. The minimum Gasteiger partial charge on any atom is -0.383 e. The summed E-state index contributed by atoms with van der Waals surface area (Å²) in [4.78, 5) is 4.60. The lowest BCUT2D eigenvalue weighted by atomic mass is 10.1. The molecule has 29 heavy (non-hydrogen) atoms. The molecule has 1 N–H and O–H groups in total. The molecule has 0 spiro atoms. The summed E-state index contributed by atoms with van der Waals surface area (Å²) < 4.78 is 4.47. The molecule has 0 saturated carbocycles. The van der Waals surface area contributed by atoms with Gasteiger partial charge in [-0.05, 0) is 62.2 Å². The Morgan fingerprint density at radius 3 is 2.55 bits per heavy atom. The van der Waals surface area contributed by atoms with Crippen molar-refractivity contribution in [1.82, 2.24) is 9.55 Å². The van der Waals surface area contributed by atoms with Crippen molar-refractivity contribution >= 4 is 28.7 Å². The summed E-state index contributed by atoms with van der Waals surface area (Å²) in [6.07, 6.45) is 6.24. The molecule has 0 fully saturated rings. The minimum absolute atomic E-state index is 0.995. The van der Waals surface area contributed by atoms with Gasteiger partial charge in [0.25, 0.3) is 0 Å². The molecular weight excluding hydrogens is 356 g/mol. The standard InChI is InChI=1S/C25H27N4/c1-17-9-8-14-27-25(17)29-18(2)15-20(19(29)3)12-13-24-22(26-4)16-21-10-6-7-11-23(21)28(24)5/h6-16,26H,1-5H3/q+1. The van der Waals surface area contributed by atoms with Crippen LogP contribution in [0.15, 0.2) is 54.7 Å². The van der Waals surface area contributed by atoms with Crippen LogP contribution >= 0.6 is 0 Å². The highest BCUT2D eigenvalue weighted by molar-refractivity contribution is 5.83. The fourth-order valence-electron chi connectivity index (χ4n) is 4.02. The molecule has 0 aliphatic rings. The maximum Gasteiger partial charge on any atom is 0.228 e. The Hall–Kier alpha value is -3.40. The van der Waals surface area contributed by atoms with Crippen LogP contribution in [0.4, 0.5) is 5.69 Å². The van der Waals surface area contributed by atoms with Gasteiger partial charge in [-0.15, -0.1) is 0 Å². The number of aryl methyl sites for hydroxylation is 3. The quantitative estimate of drug-likeness (QED) is 0.504. The summed E-state index contributed by atoms with van der Waals surface area (Å²) >= 11 is 0. The van der Waals surface area contributed by atoms with E-state index in [1.807, 2.05) is 19.3 Å². The van der Waals surface area contributed by atoms with Gasteiger partial charge in [0, 0.05) is 42.2 Å². The van der Waals surface area contributed by atoms with Crippen LogP contribution in [0.5, 0.6) is 0 Å². The number of nitrogens with one attached hydrogen (secondary N) is 1. The molecule has 0 bridgehead atoms. The zero-order valence-corrected chi connectivity index (χ0v) is 17.7. The zero-order valence-electron chi connectivity index (χ0n) is 17.7. The van der Waals surface area contributed by atoms with Crippen LogP contribution in [-0.4, -0.2) is 16.6 Å². The van der Waals surface area contributed by atoms with E-state index in [1.165, 1.54) is 33.4 Å². The van der Waals surface area contributed by atoms with E-state index in [0.29, 0.717) is 0 Å². The van der Waals surface area contributed by atoms with Crippen molar-refractivity contribution < 1.29 is 4.57 Å². The van der Waals surface area contributed by atoms with E-state index in [1.54, 1.807) is 0 Å². The van der Waals surface area contributed by atoms with Gasteiger partial charge in [0.05, 0.1) is 0 Å². The summed E-state index contributed by atoms with van der Waals surface area (Å²) in [7, 11) is 4.08. The van der Waals surface area contributed by atoms with Crippen molar-refractivity contribution in [2.75, 3.05) is 12.4 Å². The summed E-state index contributed by atoms with van der Waals surface area (Å²) in [5.41, 5.74) is 8.20. The smallest absolute Gasteiger partial charge is 0.228 e. The van der Waals surface area contributed by atoms with Gasteiger partial charge in [-0.25, -0.2) is 4.98 Å². The van der Waals surface area contributed by atoms with Crippen LogP contribution in [0.2, 0.25) is 0 Å². The average Bonchev–Trinajstić information content (AvgIpc) is 3.01. The molecule has 4 aromatic rings. The monoisotopic (exact) mass is 383 g/mol. The maximum atomic E-state index is 4.60. The van der Waals surface area contributed by atoms with Gasteiger partial charge in [0.1, 0.15) is 18.6 Å². The number of hydrogen-bond acceptors (Lipinski definition) is 2. The van der Waals surface area contributed by atoms with Gasteiger partial charge in [-0.2, -0.15) is 4.57 Å². The molecule has 0 amide bonds. The van der Waals surface area contributed by atoms with Crippen molar-refractivity contribution in [3.8, 4) is 5.82 Å². The van der Waals surface area contributed by atoms with Crippen LogP contribution in [0.1, 0.15) is 28.2 Å². The highest BCUT2D eigenvalue weighted by Gasteiger charge is 2.16. The first-order valence-electron chi connectivity index (χ1n) is 9.90. The number of hydrogen-bond donors (Lipinski definition) is 1. The molecule has 3 aromatic heterocycles. The van der Waals surface area contributed by atoms with Gasteiger partial charge in [-0.1, -0.05) is 18.2 Å². The maximum absolute atomic E-state index is 4.60. The van der Waals surface area contributed by atoms with Crippen molar-refractivity contribution in [1.29, 1.82) is 0 Å². The van der Waals surface area contributed by atoms with Gasteiger partial charge >= 0.3 is 0 Å². The van der Waals surface area contributed by atoms with E-state index >= 15 is 0 Å². The van der Waals surface area contributed by atoms with E-state index in [2.05, 4.69) is 102 Å². The average molecular weight is 384 g/mol. The third kappa shape index (κ3) is 3.31. The second kappa shape index (κ2) is 7.55. The fraction of sp³-hybridized carbons (Fsp3) is 0.200. The number of rotatable bonds is 4. The number of fused-ring (bicyclic) bond motifs is 1. The van der Waals surface area contributed by atoms with E-state index < -0.39 is 0 Å². The number of anilines is 1. The minimum atomic E-state index is 0.995. The fourth-order valence-corrected chi connectivity index (χ4v) is 4.02. The normalized spacial score (nSPS) is 11.5. The van der Waals surface area contributed by atoms with Crippen LogP contribution in [0, 0.1) is 20.8 Å². The molecule has 146 valence electrons. The number of para-hydroxylation sites is 1. The van der Waals surface area contributed by atoms with Crippen LogP contribution in [0.3, 0.4) is 0 Å². The van der Waals surface area contributed by atoms with E-state index in [0.717, 1.165) is 17.2 Å². The van der Waals surface area contributed by atoms with Gasteiger partial charge in [0.15, 0.2) is 0 Å². The van der Waals surface area contributed by atoms with E-state index in [9.17, 15) is 0 Å². The van der Waals surface area contributed by atoms with Crippen LogP contribution < -0.4 is 9.88 Å². The third-order valence-corrected chi connectivity index (χ3v) is 5.59. The molecule has 1 aromatic carbocycles. The Morgan fingerprint density at radius 1 is 1.00 bits per heavy atom. The van der Waals surface area contributed by atoms with E-state index in [-0.39, 0.29) is 0 Å². The lowest BCUT2D eigenvalue weighted by Gasteiger charge is -2.11. The van der Waals surface area contributed by atoms with Crippen LogP contribution in [-0.2, 0) is 7.05 Å². The molecule has 3 heterocycles. The second-order valence-electron chi connectivity index (χ2n) is 7.45. The summed E-state index contributed by atoms with van der Waals surface area (Å²) in [5, 5.41) is 4.56. The Kier molecular flexibility index (Phi) is 4.93. The Balaban J connectivity index is 1.81. The highest BCUT2D eigenvalue weighted by atomic mass is 15.1. The molecule has 0 aliphatic heterocycles. The second-order valence-corrected chi connectivity index (χ2v) is 7.45. The van der Waals surface area contributed by atoms with Crippen LogP contribution in [0.25, 0.3) is 28.9 Å². The summed E-state index contributed by atoms with van der Waals surface area (Å²) in [6, 6.07) is 17.0. The molecule has 0 aliphatic carbocycles. The first kappa shape index (κ1) is 18.9. The molecule has 0 unspecified atom stereocenters. The third-order valence-electron chi connectivity index (χ3n) is 5.59. The number of pyridine rings is 2. The molecule has 4 rings (SSSR count).